The number of ether oxygens (including phenoxy) is 1. The third kappa shape index (κ3) is 2.99. The Morgan fingerprint density at radius 3 is 2.86 bits per heavy atom. The van der Waals surface area contributed by atoms with Crippen LogP contribution < -0.4 is 10.1 Å². The standard InChI is InChI=1S/C18H20BrNO/c1-12-9-14(11-15(19)10-12)17(20-2)16-7-3-5-13-6-4-8-21-18(13)16/h3,5,7,9-11,17,20H,4,6,8H2,1-2H3. The first-order valence-electron chi connectivity index (χ1n) is 7.38. The molecule has 0 aliphatic carbocycles. The quantitative estimate of drug-likeness (QED) is 0.890. The first-order chi connectivity index (χ1) is 10.2. The second kappa shape index (κ2) is 6.20. The lowest BCUT2D eigenvalue weighted by molar-refractivity contribution is 0.283. The minimum Gasteiger partial charge on any atom is -0.493 e. The Bertz CT molecular complexity index is 633. The van der Waals surface area contributed by atoms with Crippen molar-refractivity contribution in [2.45, 2.75) is 25.8 Å². The van der Waals surface area contributed by atoms with Crippen molar-refractivity contribution >= 4 is 15.9 Å². The molecule has 0 amide bonds. The van der Waals surface area contributed by atoms with Crippen molar-refractivity contribution in [2.75, 3.05) is 13.7 Å². The van der Waals surface area contributed by atoms with Gasteiger partial charge >= 0.3 is 0 Å². The van der Waals surface area contributed by atoms with Gasteiger partial charge in [0.1, 0.15) is 5.75 Å². The molecule has 0 saturated heterocycles. The SMILES string of the molecule is CNC(c1cc(C)cc(Br)c1)c1cccc2c1OCCC2. The molecule has 0 aromatic heterocycles. The van der Waals surface area contributed by atoms with Crippen molar-refractivity contribution in [1.29, 1.82) is 0 Å². The summed E-state index contributed by atoms with van der Waals surface area (Å²) < 4.78 is 7.08. The van der Waals surface area contributed by atoms with E-state index in [0.29, 0.717) is 0 Å². The fourth-order valence-electron chi connectivity index (χ4n) is 3.07. The topological polar surface area (TPSA) is 21.3 Å². The number of para-hydroxylation sites is 1. The van der Waals surface area contributed by atoms with Gasteiger partial charge in [0.25, 0.3) is 0 Å². The van der Waals surface area contributed by atoms with Crippen LogP contribution in [0.25, 0.3) is 0 Å². The van der Waals surface area contributed by atoms with Gasteiger partial charge < -0.3 is 10.1 Å². The van der Waals surface area contributed by atoms with Crippen molar-refractivity contribution in [3.8, 4) is 5.75 Å². The van der Waals surface area contributed by atoms with Crippen LogP contribution in [0.2, 0.25) is 0 Å². The predicted molar refractivity (Wildman–Crippen MR) is 90.0 cm³/mol. The molecule has 1 heterocycles. The number of hydrogen-bond donors (Lipinski definition) is 1. The second-order valence-electron chi connectivity index (χ2n) is 5.57. The molecule has 2 aromatic carbocycles. The van der Waals surface area contributed by atoms with Gasteiger partial charge in [-0.3, -0.25) is 0 Å². The maximum Gasteiger partial charge on any atom is 0.127 e. The van der Waals surface area contributed by atoms with Gasteiger partial charge in [-0.05, 0) is 55.6 Å². The van der Waals surface area contributed by atoms with Crippen LogP contribution in [0.5, 0.6) is 5.75 Å². The number of aryl methyl sites for hydroxylation is 2. The molecule has 0 saturated carbocycles. The minimum absolute atomic E-state index is 0.147. The molecule has 1 N–H and O–H groups in total. The lowest BCUT2D eigenvalue weighted by Gasteiger charge is -2.25. The summed E-state index contributed by atoms with van der Waals surface area (Å²) in [6.07, 6.45) is 2.22. The van der Waals surface area contributed by atoms with Gasteiger partial charge in [-0.2, -0.15) is 0 Å². The fraction of sp³-hybridized carbons (Fsp3) is 0.333. The summed E-state index contributed by atoms with van der Waals surface area (Å²) in [6, 6.07) is 13.2. The Hall–Kier alpha value is -1.32. The van der Waals surface area contributed by atoms with Crippen molar-refractivity contribution in [3.05, 3.63) is 63.1 Å². The highest BCUT2D eigenvalue weighted by Gasteiger charge is 2.21. The maximum atomic E-state index is 5.97. The lowest BCUT2D eigenvalue weighted by Crippen LogP contribution is -2.21. The Balaban J connectivity index is 2.08. The molecule has 0 bridgehead atoms. The normalized spacial score (nSPS) is 15.2. The Kier molecular flexibility index (Phi) is 4.32. The zero-order valence-electron chi connectivity index (χ0n) is 12.4. The molecule has 1 atom stereocenters. The van der Waals surface area contributed by atoms with Crippen LogP contribution in [-0.2, 0) is 6.42 Å². The molecular formula is C18H20BrNO. The van der Waals surface area contributed by atoms with Crippen molar-refractivity contribution in [3.63, 3.8) is 0 Å². The van der Waals surface area contributed by atoms with Crippen LogP contribution in [0.1, 0.15) is 34.7 Å². The average molecular weight is 346 g/mol. The number of nitrogens with one attached hydrogen (secondary N) is 1. The molecule has 1 aliphatic heterocycles. The van der Waals surface area contributed by atoms with Gasteiger partial charge in [-0.25, -0.2) is 0 Å². The molecule has 3 heteroatoms. The monoisotopic (exact) mass is 345 g/mol. The van der Waals surface area contributed by atoms with Gasteiger partial charge in [0.05, 0.1) is 12.6 Å². The molecule has 2 nitrogen and oxygen atoms in total. The lowest BCUT2D eigenvalue weighted by atomic mass is 9.93. The van der Waals surface area contributed by atoms with E-state index < -0.39 is 0 Å². The third-order valence-corrected chi connectivity index (χ3v) is 4.42. The van der Waals surface area contributed by atoms with Crippen LogP contribution >= 0.6 is 15.9 Å². The smallest absolute Gasteiger partial charge is 0.127 e. The fourth-order valence-corrected chi connectivity index (χ4v) is 3.70. The summed E-state index contributed by atoms with van der Waals surface area (Å²) in [4.78, 5) is 0. The summed E-state index contributed by atoms with van der Waals surface area (Å²) in [6.45, 7) is 2.94. The summed E-state index contributed by atoms with van der Waals surface area (Å²) in [5.74, 6) is 1.07. The molecule has 1 unspecified atom stereocenters. The Labute approximate surface area is 134 Å². The third-order valence-electron chi connectivity index (χ3n) is 3.96. The largest absolute Gasteiger partial charge is 0.493 e. The van der Waals surface area contributed by atoms with E-state index in [-0.39, 0.29) is 6.04 Å². The molecule has 0 spiro atoms. The molecule has 2 aromatic rings. The van der Waals surface area contributed by atoms with E-state index >= 15 is 0 Å². The summed E-state index contributed by atoms with van der Waals surface area (Å²) in [5.41, 5.74) is 5.07. The first kappa shape index (κ1) is 14.6. The van der Waals surface area contributed by atoms with E-state index in [2.05, 4.69) is 64.6 Å². The van der Waals surface area contributed by atoms with Crippen LogP contribution in [-0.4, -0.2) is 13.7 Å². The highest BCUT2D eigenvalue weighted by Crippen LogP contribution is 2.36. The van der Waals surface area contributed by atoms with Crippen LogP contribution in [0.3, 0.4) is 0 Å². The van der Waals surface area contributed by atoms with E-state index in [1.807, 2.05) is 7.05 Å². The molecule has 3 rings (SSSR count). The second-order valence-corrected chi connectivity index (χ2v) is 6.49. The predicted octanol–water partition coefficient (Wildman–Crippen LogP) is 4.39. The molecule has 1 aliphatic rings. The molecule has 0 radical (unpaired) electrons. The Morgan fingerprint density at radius 1 is 1.24 bits per heavy atom. The number of fused-ring (bicyclic) bond motifs is 1. The molecule has 110 valence electrons. The first-order valence-corrected chi connectivity index (χ1v) is 8.17. The summed E-state index contributed by atoms with van der Waals surface area (Å²) in [7, 11) is 2.00. The number of benzene rings is 2. The zero-order chi connectivity index (χ0) is 14.8. The van der Waals surface area contributed by atoms with Crippen molar-refractivity contribution in [2.24, 2.45) is 0 Å². The van der Waals surface area contributed by atoms with Gasteiger partial charge in [-0.1, -0.05) is 40.2 Å². The number of hydrogen-bond acceptors (Lipinski definition) is 2. The minimum atomic E-state index is 0.147. The highest BCUT2D eigenvalue weighted by molar-refractivity contribution is 9.10. The van der Waals surface area contributed by atoms with Crippen LogP contribution in [0, 0.1) is 6.92 Å². The van der Waals surface area contributed by atoms with Gasteiger partial charge in [0, 0.05) is 10.0 Å². The van der Waals surface area contributed by atoms with E-state index in [0.717, 1.165) is 29.7 Å². The number of halogens is 1. The van der Waals surface area contributed by atoms with E-state index in [4.69, 9.17) is 4.74 Å². The summed E-state index contributed by atoms with van der Waals surface area (Å²) >= 11 is 3.60. The zero-order valence-corrected chi connectivity index (χ0v) is 14.0. The summed E-state index contributed by atoms with van der Waals surface area (Å²) in [5, 5.41) is 3.44. The van der Waals surface area contributed by atoms with E-state index in [1.165, 1.54) is 22.3 Å². The van der Waals surface area contributed by atoms with Crippen LogP contribution in [0.15, 0.2) is 40.9 Å². The van der Waals surface area contributed by atoms with E-state index in [9.17, 15) is 0 Å². The van der Waals surface area contributed by atoms with Crippen molar-refractivity contribution < 1.29 is 4.74 Å². The van der Waals surface area contributed by atoms with Gasteiger partial charge in [0.15, 0.2) is 0 Å². The van der Waals surface area contributed by atoms with Gasteiger partial charge in [0.2, 0.25) is 0 Å². The van der Waals surface area contributed by atoms with E-state index in [1.54, 1.807) is 0 Å². The maximum absolute atomic E-state index is 5.97. The number of rotatable bonds is 3. The van der Waals surface area contributed by atoms with Crippen LogP contribution in [0.4, 0.5) is 0 Å². The Morgan fingerprint density at radius 2 is 2.10 bits per heavy atom. The average Bonchev–Trinajstić information content (AvgIpc) is 2.47. The molecular weight excluding hydrogens is 326 g/mol. The highest BCUT2D eigenvalue weighted by atomic mass is 79.9. The molecule has 21 heavy (non-hydrogen) atoms. The van der Waals surface area contributed by atoms with Crippen molar-refractivity contribution in [1.82, 2.24) is 5.32 Å². The molecule has 0 fully saturated rings. The van der Waals surface area contributed by atoms with Gasteiger partial charge in [-0.15, -0.1) is 0 Å².